The van der Waals surface area contributed by atoms with Gasteiger partial charge in [0.15, 0.2) is 14.9 Å². The minimum atomic E-state index is -4.45. The summed E-state index contributed by atoms with van der Waals surface area (Å²) in [6.07, 6.45) is -1.24. The normalized spacial score (nSPS) is 14.8. The molecule has 3 aromatic heterocycles. The van der Waals surface area contributed by atoms with Crippen molar-refractivity contribution in [3.05, 3.63) is 82.8 Å². The fourth-order valence-electron chi connectivity index (χ4n) is 4.39. The first kappa shape index (κ1) is 26.8. The zero-order chi connectivity index (χ0) is 28.2. The van der Waals surface area contributed by atoms with Crippen LogP contribution in [0, 0.1) is 0 Å². The van der Waals surface area contributed by atoms with Gasteiger partial charge in [-0.25, -0.2) is 18.4 Å². The molecule has 1 aliphatic rings. The first-order valence-electron chi connectivity index (χ1n) is 11.6. The van der Waals surface area contributed by atoms with Crippen LogP contribution in [0.2, 0.25) is 5.02 Å². The van der Waals surface area contributed by atoms with Gasteiger partial charge in [0, 0.05) is 24.0 Å². The smallest absolute Gasteiger partial charge is 0.382 e. The average Bonchev–Trinajstić information content (AvgIpc) is 3.70. The molecule has 2 N–H and O–H groups in total. The molecule has 0 radical (unpaired) electrons. The molecule has 202 valence electrons. The van der Waals surface area contributed by atoms with Crippen LogP contribution in [0.4, 0.5) is 24.7 Å². The Bertz CT molecular complexity index is 1710. The number of amides is 1. The third-order valence-electron chi connectivity index (χ3n) is 6.63. The van der Waals surface area contributed by atoms with Gasteiger partial charge >= 0.3 is 6.18 Å². The summed E-state index contributed by atoms with van der Waals surface area (Å²) < 4.78 is 65.7. The van der Waals surface area contributed by atoms with Gasteiger partial charge in [-0.3, -0.25) is 9.78 Å². The number of rotatable bonds is 6. The number of carbonyl (C=O) groups excluding carboxylic acids is 1. The highest BCUT2D eigenvalue weighted by Crippen LogP contribution is 2.58. The predicted molar refractivity (Wildman–Crippen MR) is 140 cm³/mol. The minimum absolute atomic E-state index is 0.00621. The van der Waals surface area contributed by atoms with Crippen molar-refractivity contribution in [1.29, 1.82) is 0 Å². The first-order valence-corrected chi connectivity index (χ1v) is 13.9. The molecule has 4 aromatic rings. The second-order valence-electron chi connectivity index (χ2n) is 9.39. The van der Waals surface area contributed by atoms with Gasteiger partial charge in [-0.2, -0.15) is 13.2 Å². The van der Waals surface area contributed by atoms with Crippen molar-refractivity contribution >= 4 is 49.8 Å². The van der Waals surface area contributed by atoms with E-state index in [0.29, 0.717) is 16.5 Å². The molecule has 1 aromatic carbocycles. The maximum Gasteiger partial charge on any atom is 0.399 e. The van der Waals surface area contributed by atoms with Crippen LogP contribution in [0.3, 0.4) is 0 Å². The molecule has 0 atom stereocenters. The quantitative estimate of drug-likeness (QED) is 0.339. The first-order chi connectivity index (χ1) is 18.3. The van der Waals surface area contributed by atoms with E-state index in [9.17, 15) is 26.4 Å². The van der Waals surface area contributed by atoms with Crippen LogP contribution < -0.4 is 10.6 Å². The lowest BCUT2D eigenvalue weighted by molar-refractivity contribution is -0.161. The van der Waals surface area contributed by atoms with Crippen molar-refractivity contribution in [3.63, 3.8) is 0 Å². The van der Waals surface area contributed by atoms with E-state index in [1.54, 1.807) is 24.3 Å². The van der Waals surface area contributed by atoms with Crippen LogP contribution in [0.15, 0.2) is 66.0 Å². The summed E-state index contributed by atoms with van der Waals surface area (Å²) in [5, 5.41) is 0.661. The summed E-state index contributed by atoms with van der Waals surface area (Å²) in [6, 6.07) is 12.2. The van der Waals surface area contributed by atoms with E-state index in [2.05, 4.69) is 15.0 Å². The molecule has 39 heavy (non-hydrogen) atoms. The molecule has 1 fully saturated rings. The van der Waals surface area contributed by atoms with Crippen molar-refractivity contribution in [2.75, 3.05) is 16.9 Å². The summed E-state index contributed by atoms with van der Waals surface area (Å²) in [6.45, 7) is -0.110. The van der Waals surface area contributed by atoms with Gasteiger partial charge in [0.2, 0.25) is 0 Å². The molecule has 1 amide bonds. The maximum absolute atomic E-state index is 13.8. The number of nitrogen functional groups attached to an aromatic ring is 1. The number of carbonyl (C=O) groups is 1. The second-order valence-corrected chi connectivity index (χ2v) is 11.7. The average molecular weight is 576 g/mol. The number of hydrogen-bond acceptors (Lipinski definition) is 7. The zero-order valence-electron chi connectivity index (χ0n) is 20.4. The third-order valence-corrected chi connectivity index (χ3v) is 7.95. The Hall–Kier alpha value is -3.77. The number of sulfone groups is 1. The lowest BCUT2D eigenvalue weighted by atomic mass is 10.0. The highest BCUT2D eigenvalue weighted by atomic mass is 35.5. The molecule has 0 unspecified atom stereocenters. The van der Waals surface area contributed by atoms with Gasteiger partial charge < -0.3 is 10.6 Å². The molecule has 0 aliphatic heterocycles. The van der Waals surface area contributed by atoms with Crippen LogP contribution in [0.25, 0.3) is 10.9 Å². The standard InChI is InChI=1S/C26H21ClF3N5O3S/c1-39(37,38)23-20(3-2-10-32-23)35(14-15-4-5-16-12-18(27)22(31)34-19(16)11-15)24(36)17-6-7-21(33-13-17)25(8-9-25)26(28,29)30/h2-7,10-13H,8-9,14H2,1H3,(H2,31,34). The lowest BCUT2D eigenvalue weighted by Gasteiger charge is -2.25. The van der Waals surface area contributed by atoms with Gasteiger partial charge in [-0.15, -0.1) is 0 Å². The second kappa shape index (κ2) is 9.45. The molecule has 1 aliphatic carbocycles. The Morgan fingerprint density at radius 2 is 1.87 bits per heavy atom. The molecule has 1 saturated carbocycles. The number of pyridine rings is 3. The van der Waals surface area contributed by atoms with Crippen LogP contribution in [0.5, 0.6) is 0 Å². The summed E-state index contributed by atoms with van der Waals surface area (Å²) >= 11 is 6.06. The topological polar surface area (TPSA) is 119 Å². The number of hydrogen-bond donors (Lipinski definition) is 1. The number of benzene rings is 1. The zero-order valence-corrected chi connectivity index (χ0v) is 22.0. The fourth-order valence-corrected chi connectivity index (χ4v) is 5.36. The summed E-state index contributed by atoms with van der Waals surface area (Å²) in [4.78, 5) is 27.2. The van der Waals surface area contributed by atoms with Crippen molar-refractivity contribution in [1.82, 2.24) is 15.0 Å². The summed E-state index contributed by atoms with van der Waals surface area (Å²) in [5.41, 5.74) is 4.75. The molecule has 0 bridgehead atoms. The van der Waals surface area contributed by atoms with E-state index in [4.69, 9.17) is 17.3 Å². The SMILES string of the molecule is CS(=O)(=O)c1ncccc1N(Cc1ccc2cc(Cl)c(N)nc2c1)C(=O)c1ccc(C2(C(F)(F)F)CC2)nc1. The predicted octanol–water partition coefficient (Wildman–Crippen LogP) is 5.10. The van der Waals surface area contributed by atoms with Crippen molar-refractivity contribution in [3.8, 4) is 0 Å². The molecular formula is C26H21ClF3N5O3S. The summed E-state index contributed by atoms with van der Waals surface area (Å²) in [7, 11) is -3.85. The highest BCUT2D eigenvalue weighted by molar-refractivity contribution is 7.90. The van der Waals surface area contributed by atoms with Crippen LogP contribution >= 0.6 is 11.6 Å². The minimum Gasteiger partial charge on any atom is -0.382 e. The molecule has 5 rings (SSSR count). The molecule has 8 nitrogen and oxygen atoms in total. The van der Waals surface area contributed by atoms with E-state index in [1.807, 2.05) is 0 Å². The molecule has 3 heterocycles. The van der Waals surface area contributed by atoms with Crippen LogP contribution in [0.1, 0.15) is 34.5 Å². The van der Waals surface area contributed by atoms with Gasteiger partial charge in [0.1, 0.15) is 11.2 Å². The molecular weight excluding hydrogens is 555 g/mol. The van der Waals surface area contributed by atoms with Crippen molar-refractivity contribution in [2.24, 2.45) is 0 Å². The van der Waals surface area contributed by atoms with E-state index in [-0.39, 0.29) is 52.2 Å². The Morgan fingerprint density at radius 3 is 2.49 bits per heavy atom. The number of aromatic nitrogens is 3. The molecule has 0 spiro atoms. The Kier molecular flexibility index (Phi) is 6.50. The Morgan fingerprint density at radius 1 is 1.13 bits per heavy atom. The Balaban J connectivity index is 1.56. The highest BCUT2D eigenvalue weighted by Gasteiger charge is 2.65. The molecule has 0 saturated heterocycles. The lowest BCUT2D eigenvalue weighted by Crippen LogP contribution is -2.33. The summed E-state index contributed by atoms with van der Waals surface area (Å²) in [5.74, 6) is -0.549. The number of nitrogens with two attached hydrogens (primary N) is 1. The van der Waals surface area contributed by atoms with E-state index < -0.39 is 27.3 Å². The van der Waals surface area contributed by atoms with Crippen molar-refractivity contribution in [2.45, 2.75) is 36.0 Å². The van der Waals surface area contributed by atoms with Gasteiger partial charge in [0.05, 0.1) is 34.0 Å². The Labute approximate surface area is 226 Å². The van der Waals surface area contributed by atoms with E-state index in [1.165, 1.54) is 35.4 Å². The maximum atomic E-state index is 13.8. The monoisotopic (exact) mass is 575 g/mol. The fraction of sp³-hybridized carbons (Fsp3) is 0.231. The largest absolute Gasteiger partial charge is 0.399 e. The number of nitrogens with zero attached hydrogens (tertiary/aromatic N) is 4. The number of anilines is 2. The van der Waals surface area contributed by atoms with Crippen molar-refractivity contribution < 1.29 is 26.4 Å². The van der Waals surface area contributed by atoms with Gasteiger partial charge in [-0.05, 0) is 54.8 Å². The number of alkyl halides is 3. The third kappa shape index (κ3) is 5.01. The van der Waals surface area contributed by atoms with Gasteiger partial charge in [-0.1, -0.05) is 23.7 Å². The molecule has 13 heteroatoms. The van der Waals surface area contributed by atoms with Crippen LogP contribution in [-0.2, 0) is 21.8 Å². The van der Waals surface area contributed by atoms with E-state index >= 15 is 0 Å². The number of halogens is 4. The number of fused-ring (bicyclic) bond motifs is 1. The van der Waals surface area contributed by atoms with Crippen LogP contribution in [-0.4, -0.2) is 41.7 Å². The van der Waals surface area contributed by atoms with E-state index in [0.717, 1.165) is 12.5 Å². The van der Waals surface area contributed by atoms with Gasteiger partial charge in [0.25, 0.3) is 5.91 Å².